The standard InChI is InChI=1S/C11H13N3O5/c12-8-2-1-6(14(18)19)5-7(8)11(17)9(13)3-4-10(15)16/h1-2,5,9H,3-4,12-13H2,(H,15,16). The highest BCUT2D eigenvalue weighted by atomic mass is 16.6. The summed E-state index contributed by atoms with van der Waals surface area (Å²) < 4.78 is 0. The lowest BCUT2D eigenvalue weighted by Gasteiger charge is -2.10. The number of carbonyl (C=O) groups excluding carboxylic acids is 1. The number of carboxylic acids is 1. The summed E-state index contributed by atoms with van der Waals surface area (Å²) in [7, 11) is 0. The number of anilines is 1. The number of hydrogen-bond donors (Lipinski definition) is 3. The molecule has 8 nitrogen and oxygen atoms in total. The number of Topliss-reactive ketones (excluding diaryl/α,β-unsaturated/α-hetero) is 1. The van der Waals surface area contributed by atoms with E-state index < -0.39 is 22.7 Å². The molecule has 0 fully saturated rings. The monoisotopic (exact) mass is 267 g/mol. The molecule has 0 heterocycles. The number of rotatable bonds is 6. The van der Waals surface area contributed by atoms with Gasteiger partial charge in [0.1, 0.15) is 0 Å². The quantitative estimate of drug-likeness (QED) is 0.295. The zero-order chi connectivity index (χ0) is 14.6. The van der Waals surface area contributed by atoms with Crippen LogP contribution in [0.3, 0.4) is 0 Å². The molecule has 0 amide bonds. The number of benzene rings is 1. The average Bonchev–Trinajstić information content (AvgIpc) is 2.35. The number of nitro benzene ring substituents is 1. The lowest BCUT2D eigenvalue weighted by atomic mass is 9.99. The highest BCUT2D eigenvalue weighted by molar-refractivity contribution is 6.04. The van der Waals surface area contributed by atoms with E-state index >= 15 is 0 Å². The molecule has 0 bridgehead atoms. The number of nitrogens with two attached hydrogens (primary N) is 2. The Morgan fingerprint density at radius 3 is 2.58 bits per heavy atom. The van der Waals surface area contributed by atoms with E-state index in [1.165, 1.54) is 12.1 Å². The van der Waals surface area contributed by atoms with Crippen LogP contribution in [-0.4, -0.2) is 27.8 Å². The van der Waals surface area contributed by atoms with Crippen LogP contribution < -0.4 is 11.5 Å². The third-order valence-corrected chi connectivity index (χ3v) is 2.52. The molecule has 0 aliphatic rings. The highest BCUT2D eigenvalue weighted by Crippen LogP contribution is 2.21. The first-order chi connectivity index (χ1) is 8.82. The van der Waals surface area contributed by atoms with E-state index in [2.05, 4.69) is 0 Å². The summed E-state index contributed by atoms with van der Waals surface area (Å²) in [5.41, 5.74) is 10.9. The van der Waals surface area contributed by atoms with Gasteiger partial charge < -0.3 is 16.6 Å². The van der Waals surface area contributed by atoms with Crippen molar-refractivity contribution in [3.8, 4) is 0 Å². The van der Waals surface area contributed by atoms with E-state index in [1.807, 2.05) is 0 Å². The van der Waals surface area contributed by atoms with E-state index in [9.17, 15) is 19.7 Å². The largest absolute Gasteiger partial charge is 0.481 e. The predicted octanol–water partition coefficient (Wildman–Crippen LogP) is 0.552. The molecule has 8 heteroatoms. The van der Waals surface area contributed by atoms with E-state index in [0.717, 1.165) is 6.07 Å². The minimum absolute atomic E-state index is 0.0592. The Kier molecular flexibility index (Phi) is 4.54. The van der Waals surface area contributed by atoms with E-state index in [4.69, 9.17) is 16.6 Å². The van der Waals surface area contributed by atoms with Crippen LogP contribution in [0.15, 0.2) is 18.2 Å². The lowest BCUT2D eigenvalue weighted by Crippen LogP contribution is -2.31. The second kappa shape index (κ2) is 5.91. The molecule has 1 aromatic rings. The highest BCUT2D eigenvalue weighted by Gasteiger charge is 2.21. The maximum absolute atomic E-state index is 11.9. The van der Waals surface area contributed by atoms with Gasteiger partial charge in [0, 0.05) is 29.8 Å². The van der Waals surface area contributed by atoms with Crippen LogP contribution in [-0.2, 0) is 4.79 Å². The Labute approximate surface area is 108 Å². The van der Waals surface area contributed by atoms with Crippen molar-refractivity contribution in [1.29, 1.82) is 0 Å². The molecule has 1 unspecified atom stereocenters. The first-order valence-corrected chi connectivity index (χ1v) is 5.38. The van der Waals surface area contributed by atoms with Gasteiger partial charge in [-0.3, -0.25) is 19.7 Å². The van der Waals surface area contributed by atoms with Crippen molar-refractivity contribution in [3.05, 3.63) is 33.9 Å². The number of hydrogen-bond acceptors (Lipinski definition) is 6. The molecule has 1 aromatic carbocycles. The van der Waals surface area contributed by atoms with Crippen LogP contribution in [0.1, 0.15) is 23.2 Å². The number of nitro groups is 1. The van der Waals surface area contributed by atoms with Crippen LogP contribution in [0.4, 0.5) is 11.4 Å². The Balaban J connectivity index is 2.95. The first-order valence-electron chi connectivity index (χ1n) is 5.38. The maximum Gasteiger partial charge on any atom is 0.303 e. The summed E-state index contributed by atoms with van der Waals surface area (Å²) in [6.45, 7) is 0. The Morgan fingerprint density at radius 2 is 2.05 bits per heavy atom. The molecule has 19 heavy (non-hydrogen) atoms. The molecule has 102 valence electrons. The normalized spacial score (nSPS) is 11.8. The van der Waals surface area contributed by atoms with Crippen LogP contribution in [0.25, 0.3) is 0 Å². The van der Waals surface area contributed by atoms with Gasteiger partial charge >= 0.3 is 5.97 Å². The van der Waals surface area contributed by atoms with Crippen LogP contribution in [0, 0.1) is 10.1 Å². The van der Waals surface area contributed by atoms with Gasteiger partial charge in [-0.2, -0.15) is 0 Å². The molecular formula is C11H13N3O5. The summed E-state index contributed by atoms with van der Waals surface area (Å²) in [4.78, 5) is 32.3. The Bertz CT molecular complexity index is 529. The van der Waals surface area contributed by atoms with Gasteiger partial charge in [0.25, 0.3) is 5.69 Å². The minimum Gasteiger partial charge on any atom is -0.481 e. The van der Waals surface area contributed by atoms with Crippen molar-refractivity contribution in [3.63, 3.8) is 0 Å². The van der Waals surface area contributed by atoms with Crippen molar-refractivity contribution in [2.24, 2.45) is 5.73 Å². The second-order valence-electron chi connectivity index (χ2n) is 3.93. The lowest BCUT2D eigenvalue weighted by molar-refractivity contribution is -0.384. The molecule has 0 aliphatic carbocycles. The first kappa shape index (κ1) is 14.6. The van der Waals surface area contributed by atoms with E-state index in [0.29, 0.717) is 0 Å². The van der Waals surface area contributed by atoms with Gasteiger partial charge in [0.05, 0.1) is 11.0 Å². The number of ketones is 1. The van der Waals surface area contributed by atoms with Crippen molar-refractivity contribution >= 4 is 23.1 Å². The number of non-ortho nitro benzene ring substituents is 1. The molecule has 0 saturated carbocycles. The number of carboxylic acid groups (broad SMARTS) is 1. The maximum atomic E-state index is 11.9. The molecule has 0 aromatic heterocycles. The SMILES string of the molecule is Nc1ccc([N+](=O)[O-])cc1C(=O)C(N)CCC(=O)O. The predicted molar refractivity (Wildman–Crippen MR) is 66.7 cm³/mol. The summed E-state index contributed by atoms with van der Waals surface area (Å²) in [5.74, 6) is -1.68. The van der Waals surface area contributed by atoms with Crippen LogP contribution >= 0.6 is 0 Å². The van der Waals surface area contributed by atoms with E-state index in [1.54, 1.807) is 0 Å². The third kappa shape index (κ3) is 3.75. The summed E-state index contributed by atoms with van der Waals surface area (Å²) in [5, 5.41) is 19.1. The number of nitrogens with zero attached hydrogens (tertiary/aromatic N) is 1. The van der Waals surface area contributed by atoms with Gasteiger partial charge in [0.15, 0.2) is 5.78 Å². The van der Waals surface area contributed by atoms with Gasteiger partial charge in [-0.25, -0.2) is 0 Å². The summed E-state index contributed by atoms with van der Waals surface area (Å²) >= 11 is 0. The second-order valence-corrected chi connectivity index (χ2v) is 3.93. The molecular weight excluding hydrogens is 254 g/mol. The van der Waals surface area contributed by atoms with Gasteiger partial charge in [-0.1, -0.05) is 0 Å². The number of nitrogen functional groups attached to an aromatic ring is 1. The molecule has 1 rings (SSSR count). The van der Waals surface area contributed by atoms with Crippen molar-refractivity contribution in [1.82, 2.24) is 0 Å². The zero-order valence-electron chi connectivity index (χ0n) is 9.91. The molecule has 0 aliphatic heterocycles. The summed E-state index contributed by atoms with van der Waals surface area (Å²) in [6, 6.07) is 2.41. The smallest absolute Gasteiger partial charge is 0.303 e. The van der Waals surface area contributed by atoms with Gasteiger partial charge in [-0.05, 0) is 12.5 Å². The topological polar surface area (TPSA) is 150 Å². The molecule has 5 N–H and O–H groups in total. The minimum atomic E-state index is -1.07. The van der Waals surface area contributed by atoms with Gasteiger partial charge in [0.2, 0.25) is 0 Å². The van der Waals surface area contributed by atoms with Crippen molar-refractivity contribution in [2.45, 2.75) is 18.9 Å². The zero-order valence-corrected chi connectivity index (χ0v) is 9.91. The van der Waals surface area contributed by atoms with Crippen molar-refractivity contribution < 1.29 is 19.6 Å². The van der Waals surface area contributed by atoms with E-state index in [-0.39, 0.29) is 29.8 Å². The fourth-order valence-corrected chi connectivity index (χ4v) is 1.48. The summed E-state index contributed by atoms with van der Waals surface area (Å²) in [6.07, 6.45) is -0.321. The fraction of sp³-hybridized carbons (Fsp3) is 0.273. The van der Waals surface area contributed by atoms with Gasteiger partial charge in [-0.15, -0.1) is 0 Å². The number of carbonyl (C=O) groups is 2. The third-order valence-electron chi connectivity index (χ3n) is 2.52. The number of aliphatic carboxylic acids is 1. The van der Waals surface area contributed by atoms with Crippen molar-refractivity contribution in [2.75, 3.05) is 5.73 Å². The molecule has 1 atom stereocenters. The molecule has 0 saturated heterocycles. The Morgan fingerprint density at radius 1 is 1.42 bits per heavy atom. The fourth-order valence-electron chi connectivity index (χ4n) is 1.48. The molecule has 0 radical (unpaired) electrons. The van der Waals surface area contributed by atoms with Crippen LogP contribution in [0.5, 0.6) is 0 Å². The average molecular weight is 267 g/mol. The molecule has 0 spiro atoms. The Hall–Kier alpha value is -2.48. The van der Waals surface area contributed by atoms with Crippen LogP contribution in [0.2, 0.25) is 0 Å².